The minimum Gasteiger partial charge on any atom is -0.411 e. The summed E-state index contributed by atoms with van der Waals surface area (Å²) in [5, 5.41) is 11.8. The summed E-state index contributed by atoms with van der Waals surface area (Å²) in [7, 11) is 1.67. The summed E-state index contributed by atoms with van der Waals surface area (Å²) in [6.07, 6.45) is 4.23. The molecule has 0 atom stereocenters. The van der Waals surface area contributed by atoms with Gasteiger partial charge in [0, 0.05) is 24.5 Å². The first kappa shape index (κ1) is 8.77. The van der Waals surface area contributed by atoms with Gasteiger partial charge >= 0.3 is 0 Å². The minimum atomic E-state index is 0.643. The van der Waals surface area contributed by atoms with Crippen LogP contribution >= 0.6 is 0 Å². The van der Waals surface area contributed by atoms with Crippen molar-refractivity contribution >= 4 is 11.9 Å². The molecule has 0 spiro atoms. The summed E-state index contributed by atoms with van der Waals surface area (Å²) in [5.74, 6) is 0. The Balaban J connectivity index is 2.99. The highest BCUT2D eigenvalue weighted by atomic mass is 16.4. The molecule has 0 saturated carbocycles. The van der Waals surface area contributed by atoms with E-state index in [0.29, 0.717) is 5.71 Å². The van der Waals surface area contributed by atoms with Crippen molar-refractivity contribution in [3.8, 4) is 0 Å². The molecule has 0 aliphatic heterocycles. The van der Waals surface area contributed by atoms with Crippen LogP contribution in [-0.4, -0.2) is 24.2 Å². The molecule has 0 bridgehead atoms. The van der Waals surface area contributed by atoms with Gasteiger partial charge in [-0.25, -0.2) is 0 Å². The van der Waals surface area contributed by atoms with E-state index in [2.05, 4.69) is 10.1 Å². The standard InChI is InChI=1S/C8H13N3O/c1-10-5-6-7(9)3-2-4-8(6)11-12/h5,12H,2-4,9H2,1H3/b10-5?,11-8+. The van der Waals surface area contributed by atoms with E-state index in [1.807, 2.05) is 0 Å². The number of oxime groups is 1. The van der Waals surface area contributed by atoms with Gasteiger partial charge in [-0.1, -0.05) is 5.16 Å². The summed E-state index contributed by atoms with van der Waals surface area (Å²) in [6, 6.07) is 0. The Labute approximate surface area is 71.5 Å². The molecule has 0 fully saturated rings. The number of hydrogen-bond acceptors (Lipinski definition) is 4. The first-order chi connectivity index (χ1) is 5.79. The highest BCUT2D eigenvalue weighted by Gasteiger charge is 2.15. The van der Waals surface area contributed by atoms with Crippen LogP contribution in [0.4, 0.5) is 0 Å². The second-order valence-corrected chi connectivity index (χ2v) is 2.73. The van der Waals surface area contributed by atoms with E-state index in [1.165, 1.54) is 0 Å². The van der Waals surface area contributed by atoms with Gasteiger partial charge in [-0.05, 0) is 19.3 Å². The number of nitrogens with zero attached hydrogens (tertiary/aromatic N) is 2. The number of aliphatic imine (C=N–C) groups is 1. The predicted molar refractivity (Wildman–Crippen MR) is 48.7 cm³/mol. The molecular formula is C8H13N3O. The Bertz CT molecular complexity index is 253. The Morgan fingerprint density at radius 1 is 1.50 bits per heavy atom. The van der Waals surface area contributed by atoms with Crippen LogP contribution in [0.3, 0.4) is 0 Å². The lowest BCUT2D eigenvalue weighted by Gasteiger charge is -2.14. The maximum Gasteiger partial charge on any atom is 0.0900 e. The molecular weight excluding hydrogens is 154 g/mol. The summed E-state index contributed by atoms with van der Waals surface area (Å²) in [5.41, 5.74) is 7.92. The summed E-state index contributed by atoms with van der Waals surface area (Å²) in [6.45, 7) is 0. The Kier molecular flexibility index (Phi) is 2.85. The van der Waals surface area contributed by atoms with Crippen molar-refractivity contribution in [1.82, 2.24) is 0 Å². The third kappa shape index (κ3) is 1.64. The van der Waals surface area contributed by atoms with Gasteiger partial charge < -0.3 is 10.9 Å². The van der Waals surface area contributed by atoms with Crippen molar-refractivity contribution in [3.63, 3.8) is 0 Å². The van der Waals surface area contributed by atoms with Gasteiger partial charge in [0.1, 0.15) is 0 Å². The molecule has 3 N–H and O–H groups in total. The normalized spacial score (nSPS) is 22.6. The van der Waals surface area contributed by atoms with Crippen LogP contribution in [0.2, 0.25) is 0 Å². The molecule has 0 radical (unpaired) electrons. The van der Waals surface area contributed by atoms with Crippen molar-refractivity contribution in [3.05, 3.63) is 11.3 Å². The van der Waals surface area contributed by atoms with E-state index in [1.54, 1.807) is 13.3 Å². The third-order valence-corrected chi connectivity index (χ3v) is 1.90. The van der Waals surface area contributed by atoms with Crippen LogP contribution in [-0.2, 0) is 0 Å². The van der Waals surface area contributed by atoms with E-state index in [4.69, 9.17) is 10.9 Å². The van der Waals surface area contributed by atoms with Crippen molar-refractivity contribution in [1.29, 1.82) is 0 Å². The summed E-state index contributed by atoms with van der Waals surface area (Å²) < 4.78 is 0. The average molecular weight is 167 g/mol. The van der Waals surface area contributed by atoms with Crippen molar-refractivity contribution in [2.45, 2.75) is 19.3 Å². The second-order valence-electron chi connectivity index (χ2n) is 2.73. The molecule has 0 aromatic carbocycles. The van der Waals surface area contributed by atoms with Gasteiger partial charge in [0.2, 0.25) is 0 Å². The smallest absolute Gasteiger partial charge is 0.0900 e. The summed E-state index contributed by atoms with van der Waals surface area (Å²) in [4.78, 5) is 3.85. The first-order valence-corrected chi connectivity index (χ1v) is 3.91. The lowest BCUT2D eigenvalue weighted by atomic mass is 9.95. The van der Waals surface area contributed by atoms with Crippen LogP contribution in [0.5, 0.6) is 0 Å². The zero-order valence-electron chi connectivity index (χ0n) is 7.12. The molecule has 4 heteroatoms. The van der Waals surface area contributed by atoms with Crippen molar-refractivity contribution < 1.29 is 5.21 Å². The highest BCUT2D eigenvalue weighted by Crippen LogP contribution is 2.17. The molecule has 0 unspecified atom stereocenters. The SMILES string of the molecule is CN=CC1=C(N)CCC/C1=N\O. The van der Waals surface area contributed by atoms with Gasteiger partial charge in [0.15, 0.2) is 0 Å². The minimum absolute atomic E-state index is 0.643. The molecule has 0 amide bonds. The number of nitrogens with two attached hydrogens (primary N) is 1. The molecule has 12 heavy (non-hydrogen) atoms. The van der Waals surface area contributed by atoms with Crippen LogP contribution in [0.15, 0.2) is 21.4 Å². The highest BCUT2D eigenvalue weighted by molar-refractivity contribution is 6.16. The van der Waals surface area contributed by atoms with E-state index >= 15 is 0 Å². The van der Waals surface area contributed by atoms with Crippen molar-refractivity contribution in [2.75, 3.05) is 7.05 Å². The fourth-order valence-corrected chi connectivity index (χ4v) is 1.29. The predicted octanol–water partition coefficient (Wildman–Crippen LogP) is 0.914. The maximum absolute atomic E-state index is 8.64. The summed E-state index contributed by atoms with van der Waals surface area (Å²) >= 11 is 0. The van der Waals surface area contributed by atoms with E-state index in [9.17, 15) is 0 Å². The van der Waals surface area contributed by atoms with Crippen LogP contribution in [0.25, 0.3) is 0 Å². The van der Waals surface area contributed by atoms with Gasteiger partial charge in [0.25, 0.3) is 0 Å². The van der Waals surface area contributed by atoms with Gasteiger partial charge in [-0.15, -0.1) is 0 Å². The topological polar surface area (TPSA) is 71.0 Å². The lowest BCUT2D eigenvalue weighted by Crippen LogP contribution is -2.17. The van der Waals surface area contributed by atoms with Crippen molar-refractivity contribution in [2.24, 2.45) is 15.9 Å². The molecule has 1 aliphatic carbocycles. The van der Waals surface area contributed by atoms with E-state index in [0.717, 1.165) is 30.5 Å². The number of hydrogen-bond donors (Lipinski definition) is 2. The molecule has 4 nitrogen and oxygen atoms in total. The average Bonchev–Trinajstić information content (AvgIpc) is 2.09. The van der Waals surface area contributed by atoms with Crippen LogP contribution in [0.1, 0.15) is 19.3 Å². The largest absolute Gasteiger partial charge is 0.411 e. The molecule has 66 valence electrons. The fraction of sp³-hybridized carbons (Fsp3) is 0.500. The first-order valence-electron chi connectivity index (χ1n) is 3.91. The number of allylic oxidation sites excluding steroid dienone is 2. The Morgan fingerprint density at radius 2 is 2.25 bits per heavy atom. The van der Waals surface area contributed by atoms with Crippen LogP contribution < -0.4 is 5.73 Å². The Hall–Kier alpha value is -1.32. The van der Waals surface area contributed by atoms with E-state index in [-0.39, 0.29) is 0 Å². The molecule has 0 aromatic rings. The van der Waals surface area contributed by atoms with E-state index < -0.39 is 0 Å². The third-order valence-electron chi connectivity index (χ3n) is 1.90. The quantitative estimate of drug-likeness (QED) is 0.346. The molecule has 0 heterocycles. The zero-order chi connectivity index (χ0) is 8.97. The monoisotopic (exact) mass is 167 g/mol. The molecule has 1 rings (SSSR count). The molecule has 0 saturated heterocycles. The van der Waals surface area contributed by atoms with Gasteiger partial charge in [0.05, 0.1) is 5.71 Å². The molecule has 1 aliphatic rings. The maximum atomic E-state index is 8.64. The number of rotatable bonds is 1. The second kappa shape index (κ2) is 3.90. The zero-order valence-corrected chi connectivity index (χ0v) is 7.12. The Morgan fingerprint density at radius 3 is 2.83 bits per heavy atom. The molecule has 0 aromatic heterocycles. The van der Waals surface area contributed by atoms with Gasteiger partial charge in [-0.3, -0.25) is 4.99 Å². The van der Waals surface area contributed by atoms with Crippen LogP contribution in [0, 0.1) is 0 Å². The lowest BCUT2D eigenvalue weighted by molar-refractivity contribution is 0.317. The fourth-order valence-electron chi connectivity index (χ4n) is 1.29. The van der Waals surface area contributed by atoms with Gasteiger partial charge in [-0.2, -0.15) is 0 Å².